The molecule has 26 heavy (non-hydrogen) atoms. The van der Waals surface area contributed by atoms with Gasteiger partial charge in [-0.1, -0.05) is 29.8 Å². The van der Waals surface area contributed by atoms with Crippen LogP contribution in [0, 0.1) is 0 Å². The number of anilines is 1. The molecule has 0 bridgehead atoms. The predicted octanol–water partition coefficient (Wildman–Crippen LogP) is 3.72. The normalized spacial score (nSPS) is 10.7. The van der Waals surface area contributed by atoms with E-state index in [1.807, 2.05) is 42.1 Å². The molecule has 0 saturated heterocycles. The van der Waals surface area contributed by atoms with E-state index < -0.39 is 5.97 Å². The van der Waals surface area contributed by atoms with Crippen LogP contribution < -0.4 is 10.1 Å². The number of halogens is 1. The maximum Gasteiger partial charge on any atom is 0.339 e. The van der Waals surface area contributed by atoms with Crippen molar-refractivity contribution in [2.45, 2.75) is 6.42 Å². The van der Waals surface area contributed by atoms with Gasteiger partial charge in [0.05, 0.1) is 24.2 Å². The van der Waals surface area contributed by atoms with E-state index in [2.05, 4.69) is 5.32 Å². The van der Waals surface area contributed by atoms with Gasteiger partial charge in [0.15, 0.2) is 0 Å². The largest absolute Gasteiger partial charge is 0.496 e. The molecule has 0 saturated carbocycles. The van der Waals surface area contributed by atoms with Crippen LogP contribution >= 0.6 is 11.6 Å². The van der Waals surface area contributed by atoms with E-state index in [0.717, 1.165) is 16.5 Å². The lowest BCUT2D eigenvalue weighted by Crippen LogP contribution is -2.15. The van der Waals surface area contributed by atoms with Crippen LogP contribution in [0.25, 0.3) is 10.9 Å². The molecule has 0 spiro atoms. The molecule has 0 radical (unpaired) electrons. The average Bonchev–Trinajstić information content (AvgIpc) is 2.92. The van der Waals surface area contributed by atoms with Gasteiger partial charge in [-0.05, 0) is 17.7 Å². The maximum absolute atomic E-state index is 12.5. The molecule has 0 unspecified atom stereocenters. The highest BCUT2D eigenvalue weighted by Gasteiger charge is 2.17. The standard InChI is InChI=1S/C19H17ClN2O4/c1-22-10-11(12-5-3-4-6-16(12)22)7-18(23)21-15-9-17(26-2)13(19(24)25)8-14(15)20/h3-6,8-10H,7H2,1-2H3,(H,21,23)(H,24,25). The summed E-state index contributed by atoms with van der Waals surface area (Å²) < 4.78 is 7.04. The third kappa shape index (κ3) is 3.36. The molecule has 134 valence electrons. The second-order valence-electron chi connectivity index (χ2n) is 5.84. The van der Waals surface area contributed by atoms with Crippen molar-refractivity contribution in [1.82, 2.24) is 4.57 Å². The fourth-order valence-corrected chi connectivity index (χ4v) is 3.13. The number of fused-ring (bicyclic) bond motifs is 1. The number of nitrogens with zero attached hydrogens (tertiary/aromatic N) is 1. The minimum absolute atomic E-state index is 0.0652. The number of nitrogens with one attached hydrogen (secondary N) is 1. The summed E-state index contributed by atoms with van der Waals surface area (Å²) in [7, 11) is 3.29. The van der Waals surface area contributed by atoms with Crippen molar-refractivity contribution >= 4 is 40.1 Å². The van der Waals surface area contributed by atoms with Crippen LogP contribution in [-0.2, 0) is 18.3 Å². The fourth-order valence-electron chi connectivity index (χ4n) is 2.92. The van der Waals surface area contributed by atoms with E-state index in [1.54, 1.807) is 0 Å². The molecule has 1 heterocycles. The SMILES string of the molecule is COc1cc(NC(=O)Cc2cn(C)c3ccccc23)c(Cl)cc1C(=O)O. The number of carbonyl (C=O) groups excluding carboxylic acids is 1. The zero-order valence-corrected chi connectivity index (χ0v) is 15.0. The monoisotopic (exact) mass is 372 g/mol. The molecule has 0 aliphatic heterocycles. The molecular weight excluding hydrogens is 356 g/mol. The summed E-state index contributed by atoms with van der Waals surface area (Å²) in [5, 5.41) is 13.0. The Morgan fingerprint density at radius 1 is 1.27 bits per heavy atom. The third-order valence-corrected chi connectivity index (χ3v) is 4.44. The zero-order chi connectivity index (χ0) is 18.8. The van der Waals surface area contributed by atoms with E-state index >= 15 is 0 Å². The minimum Gasteiger partial charge on any atom is -0.496 e. The van der Waals surface area contributed by atoms with E-state index in [9.17, 15) is 9.59 Å². The summed E-state index contributed by atoms with van der Waals surface area (Å²) in [6, 6.07) is 10.5. The lowest BCUT2D eigenvalue weighted by Gasteiger charge is -2.11. The van der Waals surface area contributed by atoms with Gasteiger partial charge in [-0.15, -0.1) is 0 Å². The van der Waals surface area contributed by atoms with Crippen molar-refractivity contribution in [3.63, 3.8) is 0 Å². The summed E-state index contributed by atoms with van der Waals surface area (Å²) in [6.45, 7) is 0. The number of methoxy groups -OCH3 is 1. The van der Waals surface area contributed by atoms with Crippen LogP contribution in [0.3, 0.4) is 0 Å². The Morgan fingerprint density at radius 3 is 2.69 bits per heavy atom. The Balaban J connectivity index is 1.85. The molecule has 2 N–H and O–H groups in total. The summed E-state index contributed by atoms with van der Waals surface area (Å²) in [5.74, 6) is -1.28. The highest BCUT2D eigenvalue weighted by molar-refractivity contribution is 6.34. The van der Waals surface area contributed by atoms with E-state index in [0.29, 0.717) is 5.69 Å². The predicted molar refractivity (Wildman–Crippen MR) is 100 cm³/mol. The number of amides is 1. The number of ether oxygens (including phenoxy) is 1. The number of carboxylic acids is 1. The summed E-state index contributed by atoms with van der Waals surface area (Å²) in [5.41, 5.74) is 2.18. The minimum atomic E-state index is -1.16. The number of aromatic carboxylic acids is 1. The molecule has 3 aromatic rings. The topological polar surface area (TPSA) is 80.6 Å². The van der Waals surface area contributed by atoms with Crippen molar-refractivity contribution in [3.8, 4) is 5.75 Å². The Hall–Kier alpha value is -2.99. The number of carbonyl (C=O) groups is 2. The van der Waals surface area contributed by atoms with Crippen LogP contribution in [0.15, 0.2) is 42.6 Å². The van der Waals surface area contributed by atoms with E-state index in [4.69, 9.17) is 21.4 Å². The first kappa shape index (κ1) is 17.8. The van der Waals surface area contributed by atoms with Gasteiger partial charge >= 0.3 is 5.97 Å². The van der Waals surface area contributed by atoms with Crippen LogP contribution in [0.4, 0.5) is 5.69 Å². The van der Waals surface area contributed by atoms with Crippen LogP contribution in [-0.4, -0.2) is 28.7 Å². The molecule has 3 rings (SSSR count). The number of para-hydroxylation sites is 1. The first-order valence-electron chi connectivity index (χ1n) is 7.84. The molecular formula is C19H17ClN2O4. The molecule has 7 heteroatoms. The quantitative estimate of drug-likeness (QED) is 0.715. The molecule has 0 aliphatic carbocycles. The number of carboxylic acid groups (broad SMARTS) is 1. The summed E-state index contributed by atoms with van der Waals surface area (Å²) in [4.78, 5) is 23.7. The van der Waals surface area contributed by atoms with Gasteiger partial charge in [0.2, 0.25) is 5.91 Å². The van der Waals surface area contributed by atoms with E-state index in [-0.39, 0.29) is 28.7 Å². The molecule has 0 atom stereocenters. The number of hydrogen-bond acceptors (Lipinski definition) is 3. The molecule has 6 nitrogen and oxygen atoms in total. The van der Waals surface area contributed by atoms with Gasteiger partial charge < -0.3 is 19.7 Å². The summed E-state index contributed by atoms with van der Waals surface area (Å²) >= 11 is 6.11. The van der Waals surface area contributed by atoms with Crippen molar-refractivity contribution in [3.05, 3.63) is 58.7 Å². The van der Waals surface area contributed by atoms with Crippen LogP contribution in [0.5, 0.6) is 5.75 Å². The van der Waals surface area contributed by atoms with Gasteiger partial charge in [0.25, 0.3) is 0 Å². The zero-order valence-electron chi connectivity index (χ0n) is 14.2. The second-order valence-corrected chi connectivity index (χ2v) is 6.25. The van der Waals surface area contributed by atoms with Crippen molar-refractivity contribution < 1.29 is 19.4 Å². The Morgan fingerprint density at radius 2 is 2.00 bits per heavy atom. The molecule has 1 amide bonds. The molecule has 0 aliphatic rings. The number of aromatic nitrogens is 1. The first-order chi connectivity index (χ1) is 12.4. The van der Waals surface area contributed by atoms with Gasteiger partial charge in [-0.25, -0.2) is 4.79 Å². The second kappa shape index (κ2) is 7.09. The van der Waals surface area contributed by atoms with Crippen molar-refractivity contribution in [1.29, 1.82) is 0 Å². The highest BCUT2D eigenvalue weighted by Crippen LogP contribution is 2.31. The number of hydrogen-bond donors (Lipinski definition) is 2. The first-order valence-corrected chi connectivity index (χ1v) is 8.22. The van der Waals surface area contributed by atoms with Crippen LogP contribution in [0.1, 0.15) is 15.9 Å². The van der Waals surface area contributed by atoms with Gasteiger partial charge in [-0.2, -0.15) is 0 Å². The average molecular weight is 373 g/mol. The Kier molecular flexibility index (Phi) is 4.86. The fraction of sp³-hybridized carbons (Fsp3) is 0.158. The third-order valence-electron chi connectivity index (χ3n) is 4.12. The smallest absolute Gasteiger partial charge is 0.339 e. The van der Waals surface area contributed by atoms with Crippen LogP contribution in [0.2, 0.25) is 5.02 Å². The number of benzene rings is 2. The molecule has 0 fully saturated rings. The molecule has 1 aromatic heterocycles. The number of rotatable bonds is 5. The van der Waals surface area contributed by atoms with Gasteiger partial charge in [0.1, 0.15) is 11.3 Å². The lowest BCUT2D eigenvalue weighted by atomic mass is 10.1. The number of aryl methyl sites for hydroxylation is 1. The maximum atomic E-state index is 12.5. The van der Waals surface area contributed by atoms with Gasteiger partial charge in [0, 0.05) is 30.2 Å². The van der Waals surface area contributed by atoms with E-state index in [1.165, 1.54) is 19.2 Å². The lowest BCUT2D eigenvalue weighted by molar-refractivity contribution is -0.115. The van der Waals surface area contributed by atoms with Crippen molar-refractivity contribution in [2.75, 3.05) is 12.4 Å². The van der Waals surface area contributed by atoms with Gasteiger partial charge in [-0.3, -0.25) is 4.79 Å². The van der Waals surface area contributed by atoms with Crippen molar-refractivity contribution in [2.24, 2.45) is 7.05 Å². The highest BCUT2D eigenvalue weighted by atomic mass is 35.5. The Labute approximate surface area is 154 Å². The molecule has 2 aromatic carbocycles. The summed E-state index contributed by atoms with van der Waals surface area (Å²) in [6.07, 6.45) is 2.08. The Bertz CT molecular complexity index is 1010.